The summed E-state index contributed by atoms with van der Waals surface area (Å²) in [6.07, 6.45) is 3.85. The average molecular weight is 383 g/mol. The molecule has 4 heterocycles. The number of fused-ring (bicyclic) bond motifs is 5. The maximum absolute atomic E-state index is 12.5. The smallest absolute Gasteiger partial charge is 0.223 e. The highest BCUT2D eigenvalue weighted by Crippen LogP contribution is 2.41. The molecule has 3 aliphatic heterocycles. The van der Waals surface area contributed by atoms with Crippen LogP contribution in [0, 0.1) is 25.7 Å². The van der Waals surface area contributed by atoms with Crippen molar-refractivity contribution in [2.45, 2.75) is 58.2 Å². The number of nitrogens with one attached hydrogen (secondary N) is 1. The van der Waals surface area contributed by atoms with Crippen LogP contribution in [0.2, 0.25) is 0 Å². The molecule has 6 nitrogen and oxygen atoms in total. The number of rotatable bonds is 3. The average Bonchev–Trinajstić information content (AvgIpc) is 3.09. The summed E-state index contributed by atoms with van der Waals surface area (Å²) in [5.41, 5.74) is 4.69. The van der Waals surface area contributed by atoms with E-state index >= 15 is 0 Å². The number of aromatic nitrogens is 2. The van der Waals surface area contributed by atoms with E-state index in [9.17, 15) is 9.90 Å². The Bertz CT molecular complexity index is 893. The zero-order valence-electron chi connectivity index (χ0n) is 16.8. The number of hydrogen-bond acceptors (Lipinski definition) is 4. The van der Waals surface area contributed by atoms with Gasteiger partial charge in [0.1, 0.15) is 5.82 Å². The van der Waals surface area contributed by atoms with Crippen LogP contribution in [-0.2, 0) is 11.3 Å². The zero-order chi connectivity index (χ0) is 19.4. The number of aliphatic hydroxyl groups is 1. The number of carbonyl (C=O) groups excluding carboxylic acids is 1. The summed E-state index contributed by atoms with van der Waals surface area (Å²) in [7, 11) is 0. The van der Waals surface area contributed by atoms with Gasteiger partial charge in [-0.1, -0.05) is 6.07 Å². The summed E-state index contributed by atoms with van der Waals surface area (Å²) < 4.78 is 0. The van der Waals surface area contributed by atoms with E-state index in [0.717, 1.165) is 55.8 Å². The molecule has 28 heavy (non-hydrogen) atoms. The molecule has 3 aliphatic rings. The molecule has 0 saturated carbocycles. The van der Waals surface area contributed by atoms with E-state index in [2.05, 4.69) is 40.8 Å². The Labute approximate surface area is 165 Å². The largest absolute Gasteiger partial charge is 0.394 e. The normalized spacial score (nSPS) is 30.7. The lowest BCUT2D eigenvalue weighted by atomic mass is 9.72. The van der Waals surface area contributed by atoms with Crippen LogP contribution in [0.1, 0.15) is 42.6 Å². The summed E-state index contributed by atoms with van der Waals surface area (Å²) >= 11 is 0. The molecule has 2 N–H and O–H groups in total. The van der Waals surface area contributed by atoms with Gasteiger partial charge in [-0.15, -0.1) is 0 Å². The van der Waals surface area contributed by atoms with Crippen molar-refractivity contribution in [3.05, 3.63) is 29.1 Å². The van der Waals surface area contributed by atoms with Gasteiger partial charge in [0, 0.05) is 25.6 Å². The first kappa shape index (κ1) is 18.1. The minimum absolute atomic E-state index is 0.0163. The van der Waals surface area contributed by atoms with Crippen molar-refractivity contribution in [2.24, 2.45) is 11.8 Å². The van der Waals surface area contributed by atoms with Crippen molar-refractivity contribution >= 4 is 16.9 Å². The van der Waals surface area contributed by atoms with Gasteiger partial charge in [0.25, 0.3) is 0 Å². The fourth-order valence-electron chi connectivity index (χ4n) is 5.89. The third-order valence-electron chi connectivity index (χ3n) is 7.36. The molecule has 1 aromatic carbocycles. The highest BCUT2D eigenvalue weighted by atomic mass is 16.3. The van der Waals surface area contributed by atoms with Crippen LogP contribution in [-0.4, -0.2) is 62.6 Å². The van der Waals surface area contributed by atoms with Gasteiger partial charge in [0.05, 0.1) is 30.2 Å². The lowest BCUT2D eigenvalue weighted by Gasteiger charge is -2.56. The van der Waals surface area contributed by atoms with Gasteiger partial charge in [-0.2, -0.15) is 0 Å². The highest BCUT2D eigenvalue weighted by Gasteiger charge is 2.49. The Morgan fingerprint density at radius 3 is 2.89 bits per heavy atom. The Morgan fingerprint density at radius 2 is 2.07 bits per heavy atom. The van der Waals surface area contributed by atoms with E-state index in [4.69, 9.17) is 4.98 Å². The van der Waals surface area contributed by atoms with Gasteiger partial charge in [-0.25, -0.2) is 4.98 Å². The summed E-state index contributed by atoms with van der Waals surface area (Å²) in [6, 6.07) is 4.55. The van der Waals surface area contributed by atoms with E-state index < -0.39 is 0 Å². The van der Waals surface area contributed by atoms with E-state index in [1.54, 1.807) is 0 Å². The molecule has 6 heteroatoms. The number of nitrogens with zero attached hydrogens (tertiary/aromatic N) is 3. The van der Waals surface area contributed by atoms with E-state index in [1.807, 2.05) is 0 Å². The third kappa shape index (κ3) is 2.85. The molecule has 2 bridgehead atoms. The lowest BCUT2D eigenvalue weighted by Crippen LogP contribution is -2.65. The number of amides is 1. The number of aliphatic hydroxyl groups excluding tert-OH is 1. The highest BCUT2D eigenvalue weighted by molar-refractivity contribution is 5.80. The standard InChI is InChI=1S/C22H30N4O2/c1-13-6-7-17-22(14(13)2)24-20(23-17)11-25-9-15-8-16(10-25)19(12-27)26-18(15)4-3-5-21(26)28/h6-7,15-16,18-19,27H,3-5,8-12H2,1-2H3,(H,23,24)/t15-,16+,18+,19+/m1/s1. The van der Waals surface area contributed by atoms with Gasteiger partial charge in [-0.05, 0) is 62.1 Å². The summed E-state index contributed by atoms with van der Waals surface area (Å²) in [6.45, 7) is 7.08. The quantitative estimate of drug-likeness (QED) is 0.855. The number of carbonyl (C=O) groups is 1. The molecule has 3 fully saturated rings. The van der Waals surface area contributed by atoms with Gasteiger partial charge >= 0.3 is 0 Å². The predicted octanol–water partition coefficient (Wildman–Crippen LogP) is 2.37. The molecule has 150 valence electrons. The molecule has 0 unspecified atom stereocenters. The minimum Gasteiger partial charge on any atom is -0.394 e. The monoisotopic (exact) mass is 382 g/mol. The second-order valence-corrected chi connectivity index (χ2v) is 9.05. The van der Waals surface area contributed by atoms with Crippen molar-refractivity contribution < 1.29 is 9.90 Å². The Balaban J connectivity index is 1.38. The summed E-state index contributed by atoms with van der Waals surface area (Å²) in [5.74, 6) is 2.14. The summed E-state index contributed by atoms with van der Waals surface area (Å²) in [4.78, 5) is 25.5. The maximum Gasteiger partial charge on any atom is 0.223 e. The third-order valence-corrected chi connectivity index (χ3v) is 7.36. The van der Waals surface area contributed by atoms with E-state index in [0.29, 0.717) is 24.3 Å². The van der Waals surface area contributed by atoms with Crippen LogP contribution in [0.4, 0.5) is 0 Å². The van der Waals surface area contributed by atoms with Crippen LogP contribution < -0.4 is 0 Å². The fraction of sp³-hybridized carbons (Fsp3) is 0.636. The second kappa shape index (κ2) is 6.85. The number of aryl methyl sites for hydroxylation is 2. The zero-order valence-corrected chi connectivity index (χ0v) is 16.8. The molecule has 5 rings (SSSR count). The fourth-order valence-corrected chi connectivity index (χ4v) is 5.89. The SMILES string of the molecule is Cc1ccc2[nH]c(CN3C[C@H]4C[C@@H](C3)[C@H](CO)N3C(=O)CCC[C@@H]43)nc2c1C. The molecule has 1 amide bonds. The van der Waals surface area contributed by atoms with E-state index in [-0.39, 0.29) is 18.6 Å². The van der Waals surface area contributed by atoms with Crippen molar-refractivity contribution in [3.8, 4) is 0 Å². The van der Waals surface area contributed by atoms with Gasteiger partial charge in [0.15, 0.2) is 0 Å². The maximum atomic E-state index is 12.5. The Morgan fingerprint density at radius 1 is 1.25 bits per heavy atom. The summed E-state index contributed by atoms with van der Waals surface area (Å²) in [5, 5.41) is 10.1. The van der Waals surface area contributed by atoms with Gasteiger partial charge in [0.2, 0.25) is 5.91 Å². The van der Waals surface area contributed by atoms with Gasteiger partial charge < -0.3 is 15.0 Å². The molecular formula is C22H30N4O2. The molecule has 0 aliphatic carbocycles. The van der Waals surface area contributed by atoms with Crippen molar-refractivity contribution in [1.82, 2.24) is 19.8 Å². The number of H-pyrrole nitrogens is 1. The topological polar surface area (TPSA) is 72.5 Å². The number of aromatic amines is 1. The van der Waals surface area contributed by atoms with Crippen molar-refractivity contribution in [1.29, 1.82) is 0 Å². The van der Waals surface area contributed by atoms with Crippen LogP contribution in [0.3, 0.4) is 0 Å². The van der Waals surface area contributed by atoms with Crippen molar-refractivity contribution in [3.63, 3.8) is 0 Å². The Hall–Kier alpha value is -1.92. The molecule has 0 spiro atoms. The van der Waals surface area contributed by atoms with Crippen LogP contribution in [0.25, 0.3) is 11.0 Å². The first-order valence-electron chi connectivity index (χ1n) is 10.6. The second-order valence-electron chi connectivity index (χ2n) is 9.05. The molecule has 4 atom stereocenters. The molecule has 1 aromatic heterocycles. The first-order chi connectivity index (χ1) is 13.5. The van der Waals surface area contributed by atoms with Gasteiger partial charge in [-0.3, -0.25) is 9.69 Å². The lowest BCUT2D eigenvalue weighted by molar-refractivity contribution is -0.155. The minimum atomic E-state index is -0.0163. The van der Waals surface area contributed by atoms with Crippen LogP contribution >= 0.6 is 0 Å². The molecule has 3 saturated heterocycles. The number of benzene rings is 1. The number of piperidine rings is 3. The molecule has 0 radical (unpaired) electrons. The van der Waals surface area contributed by atoms with Crippen molar-refractivity contribution in [2.75, 3.05) is 19.7 Å². The van der Waals surface area contributed by atoms with E-state index in [1.165, 1.54) is 11.1 Å². The molecule has 2 aromatic rings. The number of imidazole rings is 1. The first-order valence-corrected chi connectivity index (χ1v) is 10.6. The number of hydrogen-bond donors (Lipinski definition) is 2. The van der Waals surface area contributed by atoms with Crippen LogP contribution in [0.15, 0.2) is 12.1 Å². The number of likely N-dealkylation sites (tertiary alicyclic amines) is 1. The predicted molar refractivity (Wildman–Crippen MR) is 108 cm³/mol. The van der Waals surface area contributed by atoms with Crippen LogP contribution in [0.5, 0.6) is 0 Å². The molecular weight excluding hydrogens is 352 g/mol. The Kier molecular flexibility index (Phi) is 4.43.